The summed E-state index contributed by atoms with van der Waals surface area (Å²) >= 11 is 5.69. The van der Waals surface area contributed by atoms with Crippen LogP contribution in [0, 0.1) is 11.6 Å². The van der Waals surface area contributed by atoms with Crippen molar-refractivity contribution in [2.24, 2.45) is 0 Å². The fourth-order valence-corrected chi connectivity index (χ4v) is 2.68. The van der Waals surface area contributed by atoms with Crippen LogP contribution in [0.2, 0.25) is 5.15 Å². The van der Waals surface area contributed by atoms with Gasteiger partial charge in [0.25, 0.3) is 10.0 Å². The van der Waals surface area contributed by atoms with Gasteiger partial charge in [0.05, 0.1) is 10.6 Å². The van der Waals surface area contributed by atoms with E-state index in [2.05, 4.69) is 9.71 Å². The smallest absolute Gasteiger partial charge is 0.262 e. The molecular formula is C11H7ClF2N2O2S. The fraction of sp³-hybridized carbons (Fsp3) is 0. The minimum atomic E-state index is -4.14. The predicted molar refractivity (Wildman–Crippen MR) is 66.4 cm³/mol. The summed E-state index contributed by atoms with van der Waals surface area (Å²) in [4.78, 5) is 3.15. The molecule has 0 aliphatic carbocycles. The van der Waals surface area contributed by atoms with Crippen LogP contribution in [0.5, 0.6) is 0 Å². The predicted octanol–water partition coefficient (Wildman–Crippen LogP) is 2.81. The zero-order valence-electron chi connectivity index (χ0n) is 9.27. The van der Waals surface area contributed by atoms with Gasteiger partial charge in [-0.1, -0.05) is 11.6 Å². The fourth-order valence-electron chi connectivity index (χ4n) is 1.35. The Bertz CT molecular complexity index is 702. The van der Waals surface area contributed by atoms with E-state index in [-0.39, 0.29) is 10.8 Å². The molecule has 0 bridgehead atoms. The second-order valence-electron chi connectivity index (χ2n) is 3.55. The minimum absolute atomic E-state index is 0.0221. The molecule has 1 N–H and O–H groups in total. The van der Waals surface area contributed by atoms with Gasteiger partial charge in [-0.25, -0.2) is 22.2 Å². The van der Waals surface area contributed by atoms with Gasteiger partial charge in [-0.2, -0.15) is 0 Å². The number of halogens is 3. The van der Waals surface area contributed by atoms with E-state index in [4.69, 9.17) is 11.6 Å². The molecule has 0 radical (unpaired) electrons. The monoisotopic (exact) mass is 304 g/mol. The molecule has 0 amide bonds. The Labute approximate surface area is 113 Å². The quantitative estimate of drug-likeness (QED) is 0.887. The van der Waals surface area contributed by atoms with Crippen LogP contribution in [0.3, 0.4) is 0 Å². The van der Waals surface area contributed by atoms with Gasteiger partial charge in [-0.3, -0.25) is 4.72 Å². The zero-order chi connectivity index (χ0) is 14.0. The average Bonchev–Trinajstić information content (AvgIpc) is 2.31. The van der Waals surface area contributed by atoms with Crippen molar-refractivity contribution in [2.45, 2.75) is 4.90 Å². The van der Waals surface area contributed by atoms with Gasteiger partial charge in [0.2, 0.25) is 0 Å². The number of aromatic nitrogens is 1. The number of hydrogen-bond acceptors (Lipinski definition) is 3. The second-order valence-corrected chi connectivity index (χ2v) is 5.59. The summed E-state index contributed by atoms with van der Waals surface area (Å²) in [5.74, 6) is -1.98. The Kier molecular flexibility index (Phi) is 3.68. The molecule has 0 aliphatic rings. The lowest BCUT2D eigenvalue weighted by atomic mass is 10.3. The van der Waals surface area contributed by atoms with Gasteiger partial charge in [-0.15, -0.1) is 0 Å². The molecule has 4 nitrogen and oxygen atoms in total. The number of pyridine rings is 1. The molecule has 0 aliphatic heterocycles. The van der Waals surface area contributed by atoms with Crippen molar-refractivity contribution in [1.82, 2.24) is 4.98 Å². The Balaban J connectivity index is 2.41. The summed E-state index contributed by atoms with van der Waals surface area (Å²) in [6, 6.07) is 4.83. The average molecular weight is 305 g/mol. The topological polar surface area (TPSA) is 59.1 Å². The van der Waals surface area contributed by atoms with E-state index >= 15 is 0 Å². The Morgan fingerprint density at radius 3 is 2.37 bits per heavy atom. The molecule has 19 heavy (non-hydrogen) atoms. The van der Waals surface area contributed by atoms with Crippen LogP contribution in [0.25, 0.3) is 0 Å². The number of anilines is 1. The van der Waals surface area contributed by atoms with Crippen LogP contribution in [0.15, 0.2) is 41.4 Å². The molecule has 2 aromatic rings. The molecule has 1 heterocycles. The molecule has 100 valence electrons. The van der Waals surface area contributed by atoms with E-state index in [9.17, 15) is 17.2 Å². The molecule has 0 spiro atoms. The Morgan fingerprint density at radius 2 is 1.79 bits per heavy atom. The molecule has 0 saturated heterocycles. The van der Waals surface area contributed by atoms with Crippen LogP contribution in [-0.2, 0) is 10.0 Å². The molecular weight excluding hydrogens is 298 g/mol. The SMILES string of the molecule is O=S(=O)(Nc1cccnc1Cl)c1cc(F)cc(F)c1. The maximum absolute atomic E-state index is 13.0. The van der Waals surface area contributed by atoms with Gasteiger partial charge < -0.3 is 0 Å². The van der Waals surface area contributed by atoms with Gasteiger partial charge in [0.1, 0.15) is 11.6 Å². The van der Waals surface area contributed by atoms with Gasteiger partial charge in [-0.05, 0) is 24.3 Å². The summed E-state index contributed by atoms with van der Waals surface area (Å²) in [7, 11) is -4.14. The van der Waals surface area contributed by atoms with Crippen LogP contribution >= 0.6 is 11.6 Å². The normalized spacial score (nSPS) is 11.3. The lowest BCUT2D eigenvalue weighted by Crippen LogP contribution is -2.14. The van der Waals surface area contributed by atoms with Gasteiger partial charge in [0.15, 0.2) is 5.15 Å². The van der Waals surface area contributed by atoms with Crippen molar-refractivity contribution in [2.75, 3.05) is 4.72 Å². The maximum atomic E-state index is 13.0. The number of sulfonamides is 1. The van der Waals surface area contributed by atoms with Crippen molar-refractivity contribution in [3.8, 4) is 0 Å². The molecule has 1 aromatic heterocycles. The highest BCUT2D eigenvalue weighted by Gasteiger charge is 2.18. The van der Waals surface area contributed by atoms with Crippen molar-refractivity contribution in [1.29, 1.82) is 0 Å². The molecule has 0 saturated carbocycles. The third-order valence-corrected chi connectivity index (χ3v) is 3.80. The number of benzene rings is 1. The number of hydrogen-bond donors (Lipinski definition) is 1. The first-order valence-electron chi connectivity index (χ1n) is 4.98. The van der Waals surface area contributed by atoms with Crippen molar-refractivity contribution in [3.05, 3.63) is 53.3 Å². The van der Waals surface area contributed by atoms with Crippen molar-refractivity contribution in [3.63, 3.8) is 0 Å². The van der Waals surface area contributed by atoms with E-state index < -0.39 is 26.6 Å². The van der Waals surface area contributed by atoms with Gasteiger partial charge >= 0.3 is 0 Å². The highest BCUT2D eigenvalue weighted by Crippen LogP contribution is 2.22. The summed E-state index contributed by atoms with van der Waals surface area (Å²) in [6.07, 6.45) is 1.38. The third-order valence-electron chi connectivity index (χ3n) is 2.15. The highest BCUT2D eigenvalue weighted by molar-refractivity contribution is 7.92. The number of nitrogens with zero attached hydrogens (tertiary/aromatic N) is 1. The molecule has 8 heteroatoms. The zero-order valence-corrected chi connectivity index (χ0v) is 10.8. The van der Waals surface area contributed by atoms with E-state index in [1.807, 2.05) is 0 Å². The largest absolute Gasteiger partial charge is 0.276 e. The first-order chi connectivity index (χ1) is 8.88. The third kappa shape index (κ3) is 3.18. The summed E-state index contributed by atoms with van der Waals surface area (Å²) in [5.41, 5.74) is 0.0221. The highest BCUT2D eigenvalue weighted by atomic mass is 35.5. The van der Waals surface area contributed by atoms with Crippen LogP contribution in [0.4, 0.5) is 14.5 Å². The van der Waals surface area contributed by atoms with E-state index in [1.54, 1.807) is 0 Å². The van der Waals surface area contributed by atoms with E-state index in [0.717, 1.165) is 0 Å². The second kappa shape index (κ2) is 5.10. The molecule has 1 aromatic carbocycles. The van der Waals surface area contributed by atoms with E-state index in [1.165, 1.54) is 18.3 Å². The minimum Gasteiger partial charge on any atom is -0.276 e. The first kappa shape index (κ1) is 13.7. The molecule has 0 unspecified atom stereocenters. The maximum Gasteiger partial charge on any atom is 0.262 e. The summed E-state index contributed by atoms with van der Waals surface area (Å²) in [6.45, 7) is 0. The van der Waals surface area contributed by atoms with Crippen LogP contribution in [0.1, 0.15) is 0 Å². The molecule has 0 atom stereocenters. The van der Waals surface area contributed by atoms with Crippen molar-refractivity contribution < 1.29 is 17.2 Å². The lowest BCUT2D eigenvalue weighted by Gasteiger charge is -2.09. The van der Waals surface area contributed by atoms with E-state index in [0.29, 0.717) is 18.2 Å². The molecule has 0 fully saturated rings. The number of nitrogens with one attached hydrogen (secondary N) is 1. The molecule has 2 rings (SSSR count). The van der Waals surface area contributed by atoms with Crippen LogP contribution < -0.4 is 4.72 Å². The van der Waals surface area contributed by atoms with Gasteiger partial charge in [0, 0.05) is 12.3 Å². The van der Waals surface area contributed by atoms with Crippen LogP contribution in [-0.4, -0.2) is 13.4 Å². The van der Waals surface area contributed by atoms with Crippen molar-refractivity contribution >= 4 is 27.3 Å². The summed E-state index contributed by atoms with van der Waals surface area (Å²) in [5, 5.41) is -0.0667. The lowest BCUT2D eigenvalue weighted by molar-refractivity contribution is 0.568. The Morgan fingerprint density at radius 1 is 1.16 bits per heavy atom. The number of rotatable bonds is 3. The standard InChI is InChI=1S/C11H7ClF2N2O2S/c12-11-10(2-1-3-15-11)16-19(17,18)9-5-7(13)4-8(14)6-9/h1-6,16H. The first-order valence-corrected chi connectivity index (χ1v) is 6.84. The Hall–Kier alpha value is -1.73. The summed E-state index contributed by atoms with van der Waals surface area (Å²) < 4.78 is 52.0.